The molecule has 0 aromatic heterocycles. The Bertz CT molecular complexity index is 359. The summed E-state index contributed by atoms with van der Waals surface area (Å²) in [4.78, 5) is 0. The Kier molecular flexibility index (Phi) is 3.51. The van der Waals surface area contributed by atoms with Crippen molar-refractivity contribution in [3.8, 4) is 0 Å². The summed E-state index contributed by atoms with van der Waals surface area (Å²) in [7, 11) is 0. The first-order chi connectivity index (χ1) is 6.59. The van der Waals surface area contributed by atoms with Crippen LogP contribution in [0.2, 0.25) is 0 Å². The highest BCUT2D eigenvalue weighted by molar-refractivity contribution is 5.99. The fourth-order valence-corrected chi connectivity index (χ4v) is 0.924. The molecule has 1 rings (SSSR count). The Morgan fingerprint density at radius 3 is 2.07 bits per heavy atom. The van der Waals surface area contributed by atoms with Crippen LogP contribution in [0.5, 0.6) is 0 Å². The van der Waals surface area contributed by atoms with Crippen molar-refractivity contribution in [2.75, 3.05) is 0 Å². The third kappa shape index (κ3) is 3.09. The second-order valence-corrected chi connectivity index (χ2v) is 3.24. The van der Waals surface area contributed by atoms with E-state index in [0.29, 0.717) is 0 Å². The molecule has 2 nitrogen and oxygen atoms in total. The molecule has 0 aliphatic carbocycles. The van der Waals surface area contributed by atoms with Crippen LogP contribution in [-0.2, 0) is 0 Å². The lowest BCUT2D eigenvalue weighted by Crippen LogP contribution is -1.94. The standard InChI is InChI=1S/C11H13FN2/c1-8(2)13-14-9(3)10-4-6-11(12)7-5-10/h4-7H,1-3H3/b14-9+. The summed E-state index contributed by atoms with van der Waals surface area (Å²) >= 11 is 0. The Morgan fingerprint density at radius 2 is 1.57 bits per heavy atom. The van der Waals surface area contributed by atoms with E-state index in [2.05, 4.69) is 10.2 Å². The van der Waals surface area contributed by atoms with Crippen LogP contribution < -0.4 is 0 Å². The lowest BCUT2D eigenvalue weighted by molar-refractivity contribution is 0.628. The highest BCUT2D eigenvalue weighted by Gasteiger charge is 1.96. The normalized spacial score (nSPS) is 11.3. The van der Waals surface area contributed by atoms with Gasteiger partial charge >= 0.3 is 0 Å². The monoisotopic (exact) mass is 192 g/mol. The second kappa shape index (κ2) is 4.65. The van der Waals surface area contributed by atoms with Gasteiger partial charge in [0.2, 0.25) is 0 Å². The van der Waals surface area contributed by atoms with E-state index >= 15 is 0 Å². The predicted molar refractivity (Wildman–Crippen MR) is 57.4 cm³/mol. The van der Waals surface area contributed by atoms with Crippen LogP contribution in [-0.4, -0.2) is 11.4 Å². The molecule has 0 heterocycles. The number of nitrogens with zero attached hydrogens (tertiary/aromatic N) is 2. The summed E-state index contributed by atoms with van der Waals surface area (Å²) in [5.41, 5.74) is 2.56. The van der Waals surface area contributed by atoms with Crippen LogP contribution in [0.3, 0.4) is 0 Å². The van der Waals surface area contributed by atoms with Crippen LogP contribution in [0, 0.1) is 5.82 Å². The minimum absolute atomic E-state index is 0.239. The van der Waals surface area contributed by atoms with E-state index in [1.807, 2.05) is 20.8 Å². The van der Waals surface area contributed by atoms with Gasteiger partial charge < -0.3 is 0 Å². The van der Waals surface area contributed by atoms with Gasteiger partial charge in [-0.3, -0.25) is 0 Å². The molecule has 0 N–H and O–H groups in total. The zero-order valence-electron chi connectivity index (χ0n) is 8.58. The molecule has 0 aliphatic heterocycles. The number of benzene rings is 1. The average molecular weight is 192 g/mol. The molecule has 0 saturated heterocycles. The van der Waals surface area contributed by atoms with Gasteiger partial charge in [0.25, 0.3) is 0 Å². The lowest BCUT2D eigenvalue weighted by Gasteiger charge is -1.97. The first-order valence-corrected chi connectivity index (χ1v) is 4.41. The van der Waals surface area contributed by atoms with Gasteiger partial charge in [-0.2, -0.15) is 10.2 Å². The molecule has 1 aromatic rings. The van der Waals surface area contributed by atoms with Crippen LogP contribution in [0.25, 0.3) is 0 Å². The zero-order valence-corrected chi connectivity index (χ0v) is 8.58. The van der Waals surface area contributed by atoms with Gasteiger partial charge in [0.1, 0.15) is 5.82 Å². The highest BCUT2D eigenvalue weighted by Crippen LogP contribution is 2.04. The molecule has 74 valence electrons. The summed E-state index contributed by atoms with van der Waals surface area (Å²) in [6, 6.07) is 6.21. The van der Waals surface area contributed by atoms with E-state index in [4.69, 9.17) is 0 Å². The molecule has 0 fully saturated rings. The molecular formula is C11H13FN2. The molecule has 0 spiro atoms. The van der Waals surface area contributed by atoms with Gasteiger partial charge in [-0.05, 0) is 38.5 Å². The second-order valence-electron chi connectivity index (χ2n) is 3.24. The maximum Gasteiger partial charge on any atom is 0.123 e. The van der Waals surface area contributed by atoms with Gasteiger partial charge in [0.15, 0.2) is 0 Å². The van der Waals surface area contributed by atoms with Crippen molar-refractivity contribution in [3.05, 3.63) is 35.6 Å². The predicted octanol–water partition coefficient (Wildman–Crippen LogP) is 3.03. The van der Waals surface area contributed by atoms with Crippen LogP contribution in [0.15, 0.2) is 34.5 Å². The van der Waals surface area contributed by atoms with E-state index in [1.54, 1.807) is 12.1 Å². The topological polar surface area (TPSA) is 24.7 Å². The van der Waals surface area contributed by atoms with Crippen LogP contribution >= 0.6 is 0 Å². The molecule has 1 aromatic carbocycles. The first-order valence-electron chi connectivity index (χ1n) is 4.41. The maximum atomic E-state index is 12.6. The van der Waals surface area contributed by atoms with Crippen molar-refractivity contribution in [3.63, 3.8) is 0 Å². The van der Waals surface area contributed by atoms with E-state index in [1.165, 1.54) is 12.1 Å². The molecule has 0 saturated carbocycles. The fraction of sp³-hybridized carbons (Fsp3) is 0.273. The van der Waals surface area contributed by atoms with Crippen molar-refractivity contribution in [1.29, 1.82) is 0 Å². The van der Waals surface area contributed by atoms with Gasteiger partial charge in [-0.1, -0.05) is 12.1 Å². The molecule has 14 heavy (non-hydrogen) atoms. The van der Waals surface area contributed by atoms with Crippen molar-refractivity contribution in [2.45, 2.75) is 20.8 Å². The molecular weight excluding hydrogens is 179 g/mol. The van der Waals surface area contributed by atoms with E-state index in [9.17, 15) is 4.39 Å². The van der Waals surface area contributed by atoms with E-state index in [-0.39, 0.29) is 5.82 Å². The first kappa shape index (κ1) is 10.6. The Labute approximate surface area is 83.2 Å². The molecule has 0 unspecified atom stereocenters. The number of hydrogen-bond acceptors (Lipinski definition) is 2. The molecule has 0 bridgehead atoms. The Morgan fingerprint density at radius 1 is 1.00 bits per heavy atom. The summed E-state index contributed by atoms with van der Waals surface area (Å²) in [6.45, 7) is 5.60. The van der Waals surface area contributed by atoms with Crippen molar-refractivity contribution in [1.82, 2.24) is 0 Å². The van der Waals surface area contributed by atoms with E-state index in [0.717, 1.165) is 17.0 Å². The van der Waals surface area contributed by atoms with Crippen molar-refractivity contribution < 1.29 is 4.39 Å². The summed E-state index contributed by atoms with van der Waals surface area (Å²) in [5.74, 6) is -0.239. The lowest BCUT2D eigenvalue weighted by atomic mass is 10.1. The van der Waals surface area contributed by atoms with Gasteiger partial charge in [-0.15, -0.1) is 0 Å². The van der Waals surface area contributed by atoms with Crippen molar-refractivity contribution in [2.24, 2.45) is 10.2 Å². The van der Waals surface area contributed by atoms with Gasteiger partial charge in [-0.25, -0.2) is 4.39 Å². The third-order valence-corrected chi connectivity index (χ3v) is 1.66. The van der Waals surface area contributed by atoms with Crippen molar-refractivity contribution >= 4 is 11.4 Å². The van der Waals surface area contributed by atoms with Crippen LogP contribution in [0.1, 0.15) is 26.3 Å². The Hall–Kier alpha value is -1.51. The SMILES string of the molecule is CC(C)=N/N=C(\C)c1ccc(F)cc1. The summed E-state index contributed by atoms with van der Waals surface area (Å²) in [5, 5.41) is 7.94. The van der Waals surface area contributed by atoms with Crippen LogP contribution in [0.4, 0.5) is 4.39 Å². The minimum Gasteiger partial charge on any atom is -0.207 e. The molecule has 0 radical (unpaired) electrons. The van der Waals surface area contributed by atoms with E-state index < -0.39 is 0 Å². The summed E-state index contributed by atoms with van der Waals surface area (Å²) in [6.07, 6.45) is 0. The largest absolute Gasteiger partial charge is 0.207 e. The maximum absolute atomic E-state index is 12.6. The summed E-state index contributed by atoms with van der Waals surface area (Å²) < 4.78 is 12.6. The average Bonchev–Trinajstić information content (AvgIpc) is 2.15. The number of hydrogen-bond donors (Lipinski definition) is 0. The molecule has 0 amide bonds. The molecule has 3 heteroatoms. The molecule has 0 aliphatic rings. The smallest absolute Gasteiger partial charge is 0.123 e. The molecule has 0 atom stereocenters. The fourth-order valence-electron chi connectivity index (χ4n) is 0.924. The van der Waals surface area contributed by atoms with Gasteiger partial charge in [0, 0.05) is 5.71 Å². The quantitative estimate of drug-likeness (QED) is 0.508. The third-order valence-electron chi connectivity index (χ3n) is 1.66. The Balaban J connectivity index is 2.89. The zero-order chi connectivity index (χ0) is 10.6. The number of rotatable bonds is 2. The highest BCUT2D eigenvalue weighted by atomic mass is 19.1. The number of halogens is 1. The van der Waals surface area contributed by atoms with Gasteiger partial charge in [0.05, 0.1) is 5.71 Å². The minimum atomic E-state index is -0.239.